The molecule has 1 aliphatic heterocycles. The number of para-hydroxylation sites is 1. The number of nitrogens with one attached hydrogen (secondary N) is 2. The summed E-state index contributed by atoms with van der Waals surface area (Å²) >= 11 is 0. The van der Waals surface area contributed by atoms with Crippen molar-refractivity contribution in [3.63, 3.8) is 0 Å². The lowest BCUT2D eigenvalue weighted by atomic mass is 9.65. The topological polar surface area (TPSA) is 79.3 Å². The van der Waals surface area contributed by atoms with Gasteiger partial charge in [-0.3, -0.25) is 14.5 Å². The quantitative estimate of drug-likeness (QED) is 0.750. The largest absolute Gasteiger partial charge is 0.350 e. The van der Waals surface area contributed by atoms with Crippen molar-refractivity contribution in [2.75, 3.05) is 25.0 Å². The summed E-state index contributed by atoms with van der Waals surface area (Å²) in [5.41, 5.74) is 2.06. The highest BCUT2D eigenvalue weighted by molar-refractivity contribution is 5.91. The van der Waals surface area contributed by atoms with Crippen molar-refractivity contribution in [1.29, 1.82) is 0 Å². The maximum atomic E-state index is 12.9. The molecule has 1 aliphatic carbocycles. The Balaban J connectivity index is 1.25. The van der Waals surface area contributed by atoms with E-state index < -0.39 is 0 Å². The highest BCUT2D eigenvalue weighted by Gasteiger charge is 2.46. The molecule has 4 rings (SSSR count). The maximum Gasteiger partial charge on any atom is 0.234 e. The summed E-state index contributed by atoms with van der Waals surface area (Å²) in [6, 6.07) is 11.8. The molecule has 2 aromatic rings. The fourth-order valence-electron chi connectivity index (χ4n) is 5.08. The van der Waals surface area contributed by atoms with Gasteiger partial charge in [-0.05, 0) is 70.9 Å². The highest BCUT2D eigenvalue weighted by Crippen LogP contribution is 2.45. The van der Waals surface area contributed by atoms with E-state index in [1.54, 1.807) is 0 Å². The van der Waals surface area contributed by atoms with E-state index in [4.69, 9.17) is 0 Å². The smallest absolute Gasteiger partial charge is 0.234 e. The number of hydrogen-bond donors (Lipinski definition) is 2. The monoisotopic (exact) mass is 437 g/mol. The Bertz CT molecular complexity index is 960. The fraction of sp³-hybridized carbons (Fsp3) is 0.560. The molecule has 1 aromatic carbocycles. The molecule has 2 amide bonds. The second-order valence-corrected chi connectivity index (χ2v) is 10.6. The van der Waals surface area contributed by atoms with Crippen molar-refractivity contribution in [3.8, 4) is 5.69 Å². The number of nitrogens with zero attached hydrogens (tertiary/aromatic N) is 3. The third-order valence-electron chi connectivity index (χ3n) is 6.56. The lowest BCUT2D eigenvalue weighted by Gasteiger charge is -2.53. The molecule has 0 bridgehead atoms. The first kappa shape index (κ1) is 22.5. The molecule has 2 fully saturated rings. The predicted octanol–water partition coefficient (Wildman–Crippen LogP) is 3.53. The van der Waals surface area contributed by atoms with E-state index in [0.717, 1.165) is 50.2 Å². The van der Waals surface area contributed by atoms with Crippen LogP contribution in [0.4, 0.5) is 5.82 Å². The molecule has 7 heteroatoms. The molecule has 1 saturated heterocycles. The number of aryl methyl sites for hydroxylation is 1. The SMILES string of the molecule is Cc1cc(NC(=O)C2CCC3(CC2)CN(CC(=O)NC(C)(C)C)C3)nn1-c1ccccc1. The second kappa shape index (κ2) is 8.70. The van der Waals surface area contributed by atoms with Gasteiger partial charge in [-0.2, -0.15) is 0 Å². The summed E-state index contributed by atoms with van der Waals surface area (Å²) < 4.78 is 1.85. The van der Waals surface area contributed by atoms with Crippen molar-refractivity contribution in [2.24, 2.45) is 11.3 Å². The second-order valence-electron chi connectivity index (χ2n) is 10.6. The van der Waals surface area contributed by atoms with Crippen molar-refractivity contribution in [3.05, 3.63) is 42.1 Å². The molecular weight excluding hydrogens is 402 g/mol. The minimum Gasteiger partial charge on any atom is -0.350 e. The zero-order chi connectivity index (χ0) is 22.9. The molecule has 7 nitrogen and oxygen atoms in total. The highest BCUT2D eigenvalue weighted by atomic mass is 16.2. The van der Waals surface area contributed by atoms with E-state index >= 15 is 0 Å². The Labute approximate surface area is 190 Å². The van der Waals surface area contributed by atoms with E-state index in [9.17, 15) is 9.59 Å². The number of amides is 2. The normalized spacial score (nSPS) is 18.9. The maximum absolute atomic E-state index is 12.9. The van der Waals surface area contributed by atoms with Crippen LogP contribution in [-0.4, -0.2) is 51.7 Å². The standard InChI is InChI=1S/C25H35N5O2/c1-18-14-21(28-30(18)20-8-6-5-7-9-20)26-23(32)19-10-12-25(13-11-19)16-29(17-25)15-22(31)27-24(2,3)4/h5-9,14,19H,10-13,15-17H2,1-4H3,(H,27,31)(H,26,28,32). The Kier molecular flexibility index (Phi) is 6.12. The van der Waals surface area contributed by atoms with E-state index in [-0.39, 0.29) is 28.7 Å². The van der Waals surface area contributed by atoms with Gasteiger partial charge >= 0.3 is 0 Å². The number of carbonyl (C=O) groups is 2. The molecule has 0 unspecified atom stereocenters. The molecule has 2 heterocycles. The van der Waals surface area contributed by atoms with Gasteiger partial charge in [0.25, 0.3) is 0 Å². The van der Waals surface area contributed by atoms with Crippen LogP contribution in [0.15, 0.2) is 36.4 Å². The summed E-state index contributed by atoms with van der Waals surface area (Å²) in [6.07, 6.45) is 3.87. The van der Waals surface area contributed by atoms with Gasteiger partial charge in [0.05, 0.1) is 12.2 Å². The number of anilines is 1. The van der Waals surface area contributed by atoms with Crippen LogP contribution in [0.1, 0.15) is 52.1 Å². The summed E-state index contributed by atoms with van der Waals surface area (Å²) in [5, 5.41) is 10.6. The molecule has 1 spiro atoms. The molecule has 0 radical (unpaired) electrons. The summed E-state index contributed by atoms with van der Waals surface area (Å²) in [5.74, 6) is 0.793. The van der Waals surface area contributed by atoms with E-state index in [0.29, 0.717) is 12.4 Å². The number of carbonyl (C=O) groups excluding carboxylic acids is 2. The Hall–Kier alpha value is -2.67. The average molecular weight is 438 g/mol. The van der Waals surface area contributed by atoms with Gasteiger partial charge in [0.1, 0.15) is 0 Å². The van der Waals surface area contributed by atoms with Gasteiger partial charge in [0.15, 0.2) is 5.82 Å². The number of likely N-dealkylation sites (tertiary alicyclic amines) is 1. The van der Waals surface area contributed by atoms with Gasteiger partial charge in [0, 0.05) is 36.3 Å². The molecule has 2 N–H and O–H groups in total. The molecule has 32 heavy (non-hydrogen) atoms. The number of hydrogen-bond acceptors (Lipinski definition) is 4. The van der Waals surface area contributed by atoms with Crippen LogP contribution in [0, 0.1) is 18.3 Å². The first-order chi connectivity index (χ1) is 15.1. The third kappa shape index (κ3) is 5.21. The van der Waals surface area contributed by atoms with Gasteiger partial charge in [0.2, 0.25) is 11.8 Å². The minimum atomic E-state index is -0.194. The van der Waals surface area contributed by atoms with Crippen LogP contribution in [0.2, 0.25) is 0 Å². The Morgan fingerprint density at radius 1 is 1.12 bits per heavy atom. The molecular formula is C25H35N5O2. The number of aromatic nitrogens is 2. The lowest BCUT2D eigenvalue weighted by Crippen LogP contribution is -2.60. The van der Waals surface area contributed by atoms with Crippen LogP contribution in [0.5, 0.6) is 0 Å². The van der Waals surface area contributed by atoms with Crippen LogP contribution in [0.3, 0.4) is 0 Å². The Morgan fingerprint density at radius 3 is 2.41 bits per heavy atom. The predicted molar refractivity (Wildman–Crippen MR) is 126 cm³/mol. The summed E-state index contributed by atoms with van der Waals surface area (Å²) in [7, 11) is 0. The van der Waals surface area contributed by atoms with Crippen LogP contribution >= 0.6 is 0 Å². The third-order valence-corrected chi connectivity index (χ3v) is 6.56. The van der Waals surface area contributed by atoms with E-state index in [2.05, 4.69) is 20.6 Å². The van der Waals surface area contributed by atoms with Crippen molar-refractivity contribution < 1.29 is 9.59 Å². The first-order valence-corrected chi connectivity index (χ1v) is 11.6. The average Bonchev–Trinajstić information content (AvgIpc) is 3.06. The van der Waals surface area contributed by atoms with Gasteiger partial charge < -0.3 is 10.6 Å². The van der Waals surface area contributed by atoms with Crippen molar-refractivity contribution in [1.82, 2.24) is 20.0 Å². The van der Waals surface area contributed by atoms with Gasteiger partial charge in [-0.1, -0.05) is 18.2 Å². The van der Waals surface area contributed by atoms with E-state index in [1.165, 1.54) is 0 Å². The Morgan fingerprint density at radius 2 is 1.78 bits per heavy atom. The van der Waals surface area contributed by atoms with Crippen LogP contribution in [-0.2, 0) is 9.59 Å². The van der Waals surface area contributed by atoms with Crippen molar-refractivity contribution >= 4 is 17.6 Å². The molecule has 1 saturated carbocycles. The zero-order valence-corrected chi connectivity index (χ0v) is 19.6. The lowest BCUT2D eigenvalue weighted by molar-refractivity contribution is -0.129. The molecule has 1 aromatic heterocycles. The molecule has 172 valence electrons. The van der Waals surface area contributed by atoms with Gasteiger partial charge in [-0.15, -0.1) is 5.10 Å². The molecule has 0 atom stereocenters. The zero-order valence-electron chi connectivity index (χ0n) is 19.6. The summed E-state index contributed by atoms with van der Waals surface area (Å²) in [4.78, 5) is 27.2. The van der Waals surface area contributed by atoms with Gasteiger partial charge in [-0.25, -0.2) is 4.68 Å². The summed E-state index contributed by atoms with van der Waals surface area (Å²) in [6.45, 7) is 10.4. The first-order valence-electron chi connectivity index (χ1n) is 11.6. The fourth-order valence-corrected chi connectivity index (χ4v) is 5.08. The van der Waals surface area contributed by atoms with Crippen LogP contribution < -0.4 is 10.6 Å². The van der Waals surface area contributed by atoms with Crippen LogP contribution in [0.25, 0.3) is 5.69 Å². The number of rotatable bonds is 5. The number of benzene rings is 1. The minimum absolute atomic E-state index is 0.0287. The molecule has 2 aliphatic rings. The van der Waals surface area contributed by atoms with Crippen molar-refractivity contribution in [2.45, 2.75) is 58.9 Å². The van der Waals surface area contributed by atoms with E-state index in [1.807, 2.05) is 68.8 Å².